The Morgan fingerprint density at radius 2 is 1.94 bits per heavy atom. The quantitative estimate of drug-likeness (QED) is 0.856. The van der Waals surface area contributed by atoms with Gasteiger partial charge >= 0.3 is 5.97 Å². The molecule has 0 aromatic heterocycles. The average Bonchev–Trinajstić information content (AvgIpc) is 2.38. The lowest BCUT2D eigenvalue weighted by atomic mass is 9.83. The molecule has 0 saturated heterocycles. The molecule has 1 aliphatic carbocycles. The van der Waals surface area contributed by atoms with E-state index >= 15 is 0 Å². The third-order valence-corrected chi connectivity index (χ3v) is 3.84. The van der Waals surface area contributed by atoms with Crippen LogP contribution < -0.4 is 5.32 Å². The summed E-state index contributed by atoms with van der Waals surface area (Å²) < 4.78 is 0. The SMILES string of the molecule is Cc1ccccc1NC(C(=O)O)C1CCCCC1. The summed E-state index contributed by atoms with van der Waals surface area (Å²) >= 11 is 0. The molecule has 1 unspecified atom stereocenters. The first-order valence-electron chi connectivity index (χ1n) is 6.73. The van der Waals surface area contributed by atoms with Gasteiger partial charge in [0.25, 0.3) is 0 Å². The predicted octanol–water partition coefficient (Wildman–Crippen LogP) is 3.44. The summed E-state index contributed by atoms with van der Waals surface area (Å²) in [6, 6.07) is 7.41. The van der Waals surface area contributed by atoms with E-state index in [9.17, 15) is 9.90 Å². The second-order valence-corrected chi connectivity index (χ2v) is 5.17. The second kappa shape index (κ2) is 5.89. The van der Waals surface area contributed by atoms with Gasteiger partial charge in [0.05, 0.1) is 0 Å². The molecule has 3 heteroatoms. The Balaban J connectivity index is 2.11. The van der Waals surface area contributed by atoms with E-state index in [1.165, 1.54) is 6.42 Å². The minimum absolute atomic E-state index is 0.260. The molecule has 2 N–H and O–H groups in total. The van der Waals surface area contributed by atoms with E-state index in [0.29, 0.717) is 0 Å². The fraction of sp³-hybridized carbons (Fsp3) is 0.533. The van der Waals surface area contributed by atoms with Gasteiger partial charge in [-0.3, -0.25) is 0 Å². The van der Waals surface area contributed by atoms with Crippen molar-refractivity contribution in [3.8, 4) is 0 Å². The van der Waals surface area contributed by atoms with Crippen molar-refractivity contribution in [2.75, 3.05) is 5.32 Å². The molecule has 1 atom stereocenters. The van der Waals surface area contributed by atoms with Crippen LogP contribution in [-0.2, 0) is 4.79 Å². The molecule has 0 radical (unpaired) electrons. The number of benzene rings is 1. The molecule has 2 rings (SSSR count). The molecule has 0 heterocycles. The van der Waals surface area contributed by atoms with Gasteiger partial charge in [-0.05, 0) is 37.3 Å². The van der Waals surface area contributed by atoms with E-state index in [0.717, 1.165) is 36.9 Å². The van der Waals surface area contributed by atoms with Crippen LogP contribution in [0.5, 0.6) is 0 Å². The lowest BCUT2D eigenvalue weighted by Gasteiger charge is -2.29. The normalized spacial score (nSPS) is 18.3. The van der Waals surface area contributed by atoms with E-state index in [1.807, 2.05) is 31.2 Å². The molecule has 1 aromatic rings. The van der Waals surface area contributed by atoms with Gasteiger partial charge in [0, 0.05) is 5.69 Å². The molecule has 0 bridgehead atoms. The van der Waals surface area contributed by atoms with E-state index in [1.54, 1.807) is 0 Å². The van der Waals surface area contributed by atoms with Gasteiger partial charge < -0.3 is 10.4 Å². The first kappa shape index (κ1) is 12.9. The number of carbonyl (C=O) groups is 1. The number of anilines is 1. The van der Waals surface area contributed by atoms with Gasteiger partial charge in [-0.2, -0.15) is 0 Å². The number of para-hydroxylation sites is 1. The van der Waals surface area contributed by atoms with Crippen molar-refractivity contribution in [2.45, 2.75) is 45.1 Å². The Morgan fingerprint density at radius 3 is 2.56 bits per heavy atom. The number of aliphatic carboxylic acids is 1. The van der Waals surface area contributed by atoms with Crippen LogP contribution in [0.3, 0.4) is 0 Å². The van der Waals surface area contributed by atoms with Crippen molar-refractivity contribution in [2.24, 2.45) is 5.92 Å². The molecular weight excluding hydrogens is 226 g/mol. The number of aryl methyl sites for hydroxylation is 1. The summed E-state index contributed by atoms with van der Waals surface area (Å²) in [6.07, 6.45) is 5.60. The maximum Gasteiger partial charge on any atom is 0.326 e. The maximum absolute atomic E-state index is 11.5. The summed E-state index contributed by atoms with van der Waals surface area (Å²) in [7, 11) is 0. The largest absolute Gasteiger partial charge is 0.480 e. The van der Waals surface area contributed by atoms with Gasteiger partial charge in [0.1, 0.15) is 6.04 Å². The van der Waals surface area contributed by atoms with Crippen LogP contribution in [0.2, 0.25) is 0 Å². The molecule has 3 nitrogen and oxygen atoms in total. The monoisotopic (exact) mass is 247 g/mol. The first-order valence-corrected chi connectivity index (χ1v) is 6.73. The Morgan fingerprint density at radius 1 is 1.28 bits per heavy atom. The smallest absolute Gasteiger partial charge is 0.326 e. The van der Waals surface area contributed by atoms with E-state index in [-0.39, 0.29) is 5.92 Å². The molecule has 0 aliphatic heterocycles. The second-order valence-electron chi connectivity index (χ2n) is 5.17. The number of hydrogen-bond acceptors (Lipinski definition) is 2. The van der Waals surface area contributed by atoms with E-state index in [4.69, 9.17) is 0 Å². The number of rotatable bonds is 4. The van der Waals surface area contributed by atoms with Crippen LogP contribution in [-0.4, -0.2) is 17.1 Å². The molecule has 0 amide bonds. The minimum Gasteiger partial charge on any atom is -0.480 e. The molecular formula is C15H21NO2. The van der Waals surface area contributed by atoms with Gasteiger partial charge in [-0.25, -0.2) is 4.79 Å². The zero-order valence-electron chi connectivity index (χ0n) is 10.9. The van der Waals surface area contributed by atoms with Crippen molar-refractivity contribution in [3.05, 3.63) is 29.8 Å². The Bertz CT molecular complexity index is 411. The summed E-state index contributed by atoms with van der Waals surface area (Å²) in [4.78, 5) is 11.5. The molecule has 1 saturated carbocycles. The summed E-state index contributed by atoms with van der Waals surface area (Å²) in [6.45, 7) is 2.00. The van der Waals surface area contributed by atoms with Crippen molar-refractivity contribution >= 4 is 11.7 Å². The van der Waals surface area contributed by atoms with E-state index < -0.39 is 12.0 Å². The standard InChI is InChI=1S/C15H21NO2/c1-11-7-5-6-10-13(11)16-14(15(17)18)12-8-3-2-4-9-12/h5-7,10,12,14,16H,2-4,8-9H2,1H3,(H,17,18). The van der Waals surface area contributed by atoms with E-state index in [2.05, 4.69) is 5.32 Å². The molecule has 98 valence electrons. The van der Waals surface area contributed by atoms with Crippen molar-refractivity contribution in [1.82, 2.24) is 0 Å². The van der Waals surface area contributed by atoms with Crippen LogP contribution in [0.4, 0.5) is 5.69 Å². The molecule has 1 fully saturated rings. The third kappa shape index (κ3) is 3.03. The lowest BCUT2D eigenvalue weighted by Crippen LogP contribution is -2.38. The lowest BCUT2D eigenvalue weighted by molar-refractivity contribution is -0.139. The summed E-state index contributed by atoms with van der Waals surface area (Å²) in [5.74, 6) is -0.471. The fourth-order valence-electron chi connectivity index (χ4n) is 2.75. The molecule has 1 aliphatic rings. The molecule has 1 aromatic carbocycles. The number of carboxylic acids is 1. The highest BCUT2D eigenvalue weighted by molar-refractivity contribution is 5.78. The Kier molecular flexibility index (Phi) is 4.24. The van der Waals surface area contributed by atoms with Crippen LogP contribution in [0.25, 0.3) is 0 Å². The highest BCUT2D eigenvalue weighted by Crippen LogP contribution is 2.29. The predicted molar refractivity (Wildman–Crippen MR) is 72.8 cm³/mol. The minimum atomic E-state index is -0.731. The fourth-order valence-corrected chi connectivity index (χ4v) is 2.75. The molecule has 18 heavy (non-hydrogen) atoms. The number of carboxylic acid groups (broad SMARTS) is 1. The van der Waals surface area contributed by atoms with Gasteiger partial charge in [0.15, 0.2) is 0 Å². The van der Waals surface area contributed by atoms with Crippen LogP contribution in [0, 0.1) is 12.8 Å². The summed E-state index contributed by atoms with van der Waals surface area (Å²) in [5, 5.41) is 12.6. The van der Waals surface area contributed by atoms with Crippen LogP contribution in [0.15, 0.2) is 24.3 Å². The van der Waals surface area contributed by atoms with Gasteiger partial charge in [0.2, 0.25) is 0 Å². The van der Waals surface area contributed by atoms with Gasteiger partial charge in [-0.1, -0.05) is 37.5 Å². The zero-order chi connectivity index (χ0) is 13.0. The maximum atomic E-state index is 11.5. The zero-order valence-corrected chi connectivity index (χ0v) is 10.9. The summed E-state index contributed by atoms with van der Waals surface area (Å²) in [5.41, 5.74) is 2.04. The topological polar surface area (TPSA) is 49.3 Å². The van der Waals surface area contributed by atoms with Crippen molar-refractivity contribution in [1.29, 1.82) is 0 Å². The molecule has 0 spiro atoms. The third-order valence-electron chi connectivity index (χ3n) is 3.84. The Labute approximate surface area is 108 Å². The highest BCUT2D eigenvalue weighted by atomic mass is 16.4. The average molecular weight is 247 g/mol. The first-order chi connectivity index (χ1) is 8.68. The highest BCUT2D eigenvalue weighted by Gasteiger charge is 2.29. The van der Waals surface area contributed by atoms with Crippen LogP contribution in [0.1, 0.15) is 37.7 Å². The van der Waals surface area contributed by atoms with Gasteiger partial charge in [-0.15, -0.1) is 0 Å². The number of hydrogen-bond donors (Lipinski definition) is 2. The Hall–Kier alpha value is -1.51. The van der Waals surface area contributed by atoms with Crippen LogP contribution >= 0.6 is 0 Å². The van der Waals surface area contributed by atoms with Crippen molar-refractivity contribution < 1.29 is 9.90 Å². The van der Waals surface area contributed by atoms with Crippen molar-refractivity contribution in [3.63, 3.8) is 0 Å². The number of nitrogens with one attached hydrogen (secondary N) is 1.